The van der Waals surface area contributed by atoms with Crippen LogP contribution < -0.4 is 0 Å². The molecule has 0 unspecified atom stereocenters. The summed E-state index contributed by atoms with van der Waals surface area (Å²) in [6.45, 7) is 1.79. The van der Waals surface area contributed by atoms with Crippen LogP contribution in [0.15, 0.2) is 0 Å². The number of carbonyl (C=O) groups is 2. The fourth-order valence-corrected chi connectivity index (χ4v) is 0.573. The Morgan fingerprint density at radius 1 is 1.08 bits per heavy atom. The number of carbonyl (C=O) groups excluding carboxylic acids is 2. The maximum atomic E-state index is 10.7. The lowest BCUT2D eigenvalue weighted by molar-refractivity contribution is -0.154. The zero-order valence-electron chi connectivity index (χ0n) is 7.87. The molecule has 0 heterocycles. The number of hydrogen-bond acceptors (Lipinski definition) is 5. The average Bonchev–Trinajstić information content (AvgIpc) is 2.12. The Morgan fingerprint density at radius 2 is 1.62 bits per heavy atom. The van der Waals surface area contributed by atoms with Crippen LogP contribution in [0.3, 0.4) is 0 Å². The van der Waals surface area contributed by atoms with Crippen LogP contribution in [0, 0.1) is 0 Å². The summed E-state index contributed by atoms with van der Waals surface area (Å²) in [5.41, 5.74) is 0. The number of ether oxygens (including phenoxy) is 3. The van der Waals surface area contributed by atoms with E-state index in [9.17, 15) is 9.59 Å². The Kier molecular flexibility index (Phi) is 6.91. The smallest absolute Gasteiger partial charge is 0.332 e. The molecule has 0 aromatic carbocycles. The molecule has 0 spiro atoms. The van der Waals surface area contributed by atoms with Crippen molar-refractivity contribution in [3.63, 3.8) is 0 Å². The van der Waals surface area contributed by atoms with Crippen molar-refractivity contribution in [2.75, 3.05) is 26.9 Å². The minimum atomic E-state index is -0.463. The number of methoxy groups -OCH3 is 1. The molecule has 0 aliphatic heterocycles. The lowest BCUT2D eigenvalue weighted by Gasteiger charge is -2.04. The van der Waals surface area contributed by atoms with E-state index in [1.807, 2.05) is 0 Å². The molecule has 0 amide bonds. The lowest BCUT2D eigenvalue weighted by Crippen LogP contribution is -2.16. The van der Waals surface area contributed by atoms with Crippen LogP contribution in [-0.4, -0.2) is 38.9 Å². The van der Waals surface area contributed by atoms with Crippen molar-refractivity contribution in [1.82, 2.24) is 0 Å². The summed E-state index contributed by atoms with van der Waals surface area (Å²) < 4.78 is 13.8. The summed E-state index contributed by atoms with van der Waals surface area (Å²) in [6, 6.07) is 0. The molecule has 76 valence electrons. The van der Waals surface area contributed by atoms with Gasteiger partial charge in [-0.2, -0.15) is 0 Å². The molecule has 0 radical (unpaired) electrons. The molecule has 0 aliphatic carbocycles. The zero-order chi connectivity index (χ0) is 10.1. The lowest BCUT2D eigenvalue weighted by atomic mass is 10.5. The first-order chi connectivity index (χ1) is 6.20. The zero-order valence-corrected chi connectivity index (χ0v) is 7.87. The van der Waals surface area contributed by atoms with Crippen molar-refractivity contribution in [3.05, 3.63) is 0 Å². The third-order valence-electron chi connectivity index (χ3n) is 1.16. The van der Waals surface area contributed by atoms with Gasteiger partial charge >= 0.3 is 11.9 Å². The van der Waals surface area contributed by atoms with Gasteiger partial charge in [0.25, 0.3) is 0 Å². The highest BCUT2D eigenvalue weighted by Crippen LogP contribution is 1.85. The first-order valence-corrected chi connectivity index (χ1v) is 4.00. The van der Waals surface area contributed by atoms with E-state index in [-0.39, 0.29) is 25.8 Å². The summed E-state index contributed by atoms with van der Waals surface area (Å²) in [5.74, 6) is -0.766. The quantitative estimate of drug-likeness (QED) is 0.440. The predicted molar refractivity (Wildman–Crippen MR) is 44.1 cm³/mol. The molecular weight excluding hydrogens is 176 g/mol. The molecule has 0 rings (SSSR count). The van der Waals surface area contributed by atoms with Gasteiger partial charge in [0.2, 0.25) is 0 Å². The first-order valence-electron chi connectivity index (χ1n) is 4.00. The summed E-state index contributed by atoms with van der Waals surface area (Å²) in [7, 11) is 1.40. The monoisotopic (exact) mass is 190 g/mol. The molecule has 13 heavy (non-hydrogen) atoms. The maximum absolute atomic E-state index is 10.7. The molecule has 0 aromatic heterocycles. The van der Waals surface area contributed by atoms with E-state index >= 15 is 0 Å². The Balaban J connectivity index is 3.25. The van der Waals surface area contributed by atoms with Gasteiger partial charge in [-0.3, -0.25) is 4.79 Å². The molecule has 0 aromatic rings. The summed E-state index contributed by atoms with van der Waals surface area (Å²) in [5, 5.41) is 0. The summed E-state index contributed by atoms with van der Waals surface area (Å²) >= 11 is 0. The van der Waals surface area contributed by atoms with Crippen LogP contribution in [0.5, 0.6) is 0 Å². The number of hydrogen-bond donors (Lipinski definition) is 0. The third kappa shape index (κ3) is 7.27. The van der Waals surface area contributed by atoms with Crippen LogP contribution in [-0.2, 0) is 23.8 Å². The van der Waals surface area contributed by atoms with Gasteiger partial charge in [-0.15, -0.1) is 0 Å². The minimum absolute atomic E-state index is 0.0773. The molecule has 0 atom stereocenters. The SMILES string of the molecule is CCC(=O)OCCOC(=O)COC. The van der Waals surface area contributed by atoms with Gasteiger partial charge in [0.05, 0.1) is 0 Å². The van der Waals surface area contributed by atoms with Gasteiger partial charge in [-0.1, -0.05) is 6.92 Å². The molecule has 0 N–H and O–H groups in total. The van der Waals surface area contributed by atoms with Crippen LogP contribution in [0.4, 0.5) is 0 Å². The predicted octanol–water partition coefficient (Wildman–Crippen LogP) is 0.129. The Hall–Kier alpha value is -1.10. The van der Waals surface area contributed by atoms with E-state index in [4.69, 9.17) is 0 Å². The van der Waals surface area contributed by atoms with Crippen molar-refractivity contribution in [2.24, 2.45) is 0 Å². The fourth-order valence-electron chi connectivity index (χ4n) is 0.573. The molecule has 5 heteroatoms. The molecule has 0 fully saturated rings. The highest BCUT2D eigenvalue weighted by molar-refractivity contribution is 5.70. The molecule has 0 bridgehead atoms. The van der Waals surface area contributed by atoms with Crippen LogP contribution >= 0.6 is 0 Å². The number of esters is 2. The Morgan fingerprint density at radius 3 is 2.08 bits per heavy atom. The highest BCUT2D eigenvalue weighted by atomic mass is 16.6. The molecule has 0 saturated carbocycles. The van der Waals surface area contributed by atoms with Gasteiger partial charge in [0.15, 0.2) is 0 Å². The normalized spacial score (nSPS) is 9.38. The van der Waals surface area contributed by atoms with E-state index in [1.165, 1.54) is 7.11 Å². The minimum Gasteiger partial charge on any atom is -0.462 e. The summed E-state index contributed by atoms with van der Waals surface area (Å²) in [4.78, 5) is 21.3. The first kappa shape index (κ1) is 11.9. The van der Waals surface area contributed by atoms with Crippen LogP contribution in [0.2, 0.25) is 0 Å². The van der Waals surface area contributed by atoms with Crippen LogP contribution in [0.25, 0.3) is 0 Å². The molecular formula is C8H14O5. The molecule has 0 saturated heterocycles. The largest absolute Gasteiger partial charge is 0.462 e. The van der Waals surface area contributed by atoms with Gasteiger partial charge in [0.1, 0.15) is 19.8 Å². The van der Waals surface area contributed by atoms with Crippen molar-refractivity contribution in [2.45, 2.75) is 13.3 Å². The third-order valence-corrected chi connectivity index (χ3v) is 1.16. The fraction of sp³-hybridized carbons (Fsp3) is 0.750. The number of rotatable bonds is 6. The summed E-state index contributed by atoms with van der Waals surface area (Å²) in [6.07, 6.45) is 0.325. The van der Waals surface area contributed by atoms with Gasteiger partial charge < -0.3 is 14.2 Å². The molecule has 5 nitrogen and oxygen atoms in total. The van der Waals surface area contributed by atoms with Gasteiger partial charge in [-0.25, -0.2) is 4.79 Å². The second-order valence-corrected chi connectivity index (χ2v) is 2.23. The van der Waals surface area contributed by atoms with E-state index in [1.54, 1.807) is 6.92 Å². The van der Waals surface area contributed by atoms with Crippen molar-refractivity contribution in [1.29, 1.82) is 0 Å². The molecule has 0 aliphatic rings. The Labute approximate surface area is 77.0 Å². The average molecular weight is 190 g/mol. The van der Waals surface area contributed by atoms with E-state index in [0.29, 0.717) is 6.42 Å². The topological polar surface area (TPSA) is 61.8 Å². The maximum Gasteiger partial charge on any atom is 0.332 e. The Bertz CT molecular complexity index is 166. The van der Waals surface area contributed by atoms with E-state index < -0.39 is 5.97 Å². The standard InChI is InChI=1S/C8H14O5/c1-3-7(9)12-4-5-13-8(10)6-11-2/h3-6H2,1-2H3. The van der Waals surface area contributed by atoms with Crippen LogP contribution in [0.1, 0.15) is 13.3 Å². The van der Waals surface area contributed by atoms with E-state index in [0.717, 1.165) is 0 Å². The highest BCUT2D eigenvalue weighted by Gasteiger charge is 2.02. The second kappa shape index (κ2) is 7.54. The second-order valence-electron chi connectivity index (χ2n) is 2.23. The van der Waals surface area contributed by atoms with Crippen molar-refractivity contribution in [3.8, 4) is 0 Å². The van der Waals surface area contributed by atoms with Crippen molar-refractivity contribution < 1.29 is 23.8 Å². The van der Waals surface area contributed by atoms with Gasteiger partial charge in [0, 0.05) is 13.5 Å². The van der Waals surface area contributed by atoms with Gasteiger partial charge in [-0.05, 0) is 0 Å². The van der Waals surface area contributed by atoms with E-state index in [2.05, 4.69) is 14.2 Å². The van der Waals surface area contributed by atoms with Crippen molar-refractivity contribution >= 4 is 11.9 Å².